The predicted molar refractivity (Wildman–Crippen MR) is 161 cm³/mol. The molecule has 0 fully saturated rings. The molecule has 0 N–H and O–H groups in total. The Kier molecular flexibility index (Phi) is 4.52. The van der Waals surface area contributed by atoms with Crippen LogP contribution in [0.25, 0.3) is 33.0 Å². The number of benzene rings is 6. The maximum atomic E-state index is 15.4. The second kappa shape index (κ2) is 7.78. The van der Waals surface area contributed by atoms with Crippen LogP contribution in [0.3, 0.4) is 0 Å². The first-order valence-corrected chi connectivity index (χ1v) is 16.2. The van der Waals surface area contributed by atoms with Gasteiger partial charge in [-0.3, -0.25) is 0 Å². The van der Waals surface area contributed by atoms with Crippen LogP contribution in [-0.2, 0) is 9.13 Å². The average Bonchev–Trinajstić information content (AvgIpc) is 2.99. The van der Waals surface area contributed by atoms with Gasteiger partial charge in [0.05, 0.1) is 0 Å². The van der Waals surface area contributed by atoms with Crippen LogP contribution in [0.5, 0.6) is 0 Å². The zero-order chi connectivity index (χ0) is 25.5. The Hall–Kier alpha value is -3.96. The van der Waals surface area contributed by atoms with Crippen molar-refractivity contribution in [2.75, 3.05) is 0 Å². The second-order valence-electron chi connectivity index (χ2n) is 9.94. The van der Waals surface area contributed by atoms with Gasteiger partial charge in [-0.05, 0) is 34.4 Å². The highest BCUT2D eigenvalue weighted by Gasteiger charge is 2.43. The summed E-state index contributed by atoms with van der Waals surface area (Å²) >= 11 is 0. The van der Waals surface area contributed by atoms with Crippen molar-refractivity contribution in [1.82, 2.24) is 0 Å². The first-order chi connectivity index (χ1) is 18.6. The minimum Gasteiger partial charge on any atom is -0.309 e. The maximum absolute atomic E-state index is 15.4. The minimum atomic E-state index is -3.18. The van der Waals surface area contributed by atoms with Crippen LogP contribution < -0.4 is 31.8 Å². The zero-order valence-corrected chi connectivity index (χ0v) is 22.2. The lowest BCUT2D eigenvalue weighted by Gasteiger charge is -2.34. The Balaban J connectivity index is 1.60. The molecule has 2 atom stereocenters. The van der Waals surface area contributed by atoms with Crippen molar-refractivity contribution >= 4 is 56.9 Å². The van der Waals surface area contributed by atoms with Gasteiger partial charge in [0.1, 0.15) is 0 Å². The quantitative estimate of drug-likeness (QED) is 0.257. The topological polar surface area (TPSA) is 34.1 Å². The van der Waals surface area contributed by atoms with Crippen molar-refractivity contribution in [3.05, 3.63) is 133 Å². The molecule has 2 nitrogen and oxygen atoms in total. The van der Waals surface area contributed by atoms with Crippen molar-refractivity contribution in [2.24, 2.45) is 0 Å². The molecule has 6 aromatic rings. The van der Waals surface area contributed by atoms with E-state index in [1.807, 2.05) is 109 Å². The lowest BCUT2D eigenvalue weighted by Crippen LogP contribution is -2.35. The fourth-order valence-corrected chi connectivity index (χ4v) is 12.6. The highest BCUT2D eigenvalue weighted by molar-refractivity contribution is 7.87. The summed E-state index contributed by atoms with van der Waals surface area (Å²) in [5.74, 6) is 0. The van der Waals surface area contributed by atoms with Gasteiger partial charge in [-0.1, -0.05) is 121 Å². The lowest BCUT2D eigenvalue weighted by atomic mass is 9.91. The van der Waals surface area contributed by atoms with Crippen LogP contribution >= 0.6 is 14.3 Å². The third-order valence-electron chi connectivity index (χ3n) is 8.10. The smallest absolute Gasteiger partial charge is 0.172 e. The first kappa shape index (κ1) is 22.1. The summed E-state index contributed by atoms with van der Waals surface area (Å²) in [5, 5.41) is 6.97. The number of rotatable bonds is 2. The molecule has 0 spiro atoms. The Morgan fingerprint density at radius 3 is 1.11 bits per heavy atom. The highest BCUT2D eigenvalue weighted by atomic mass is 31.2. The van der Waals surface area contributed by atoms with Crippen molar-refractivity contribution in [2.45, 2.75) is 0 Å². The molecule has 38 heavy (non-hydrogen) atoms. The van der Waals surface area contributed by atoms with Crippen LogP contribution in [-0.4, -0.2) is 0 Å². The van der Waals surface area contributed by atoms with E-state index in [2.05, 4.69) is 24.3 Å². The molecular weight excluding hydrogens is 502 g/mol. The van der Waals surface area contributed by atoms with Crippen LogP contribution in [0.4, 0.5) is 0 Å². The summed E-state index contributed by atoms with van der Waals surface area (Å²) in [4.78, 5) is 0. The van der Waals surface area contributed by atoms with E-state index in [-0.39, 0.29) is 0 Å². The Morgan fingerprint density at radius 2 is 0.684 bits per heavy atom. The van der Waals surface area contributed by atoms with Crippen LogP contribution in [0, 0.1) is 0 Å². The standard InChI is InChI=1S/C34H22O2P2/c35-37(23-11-3-1-4-12-23)29-17-9-7-15-25(29)27-19-20-28-26-16-8-10-18-30(26)38(36,24-13-5-2-6-14-24)32-22-21-31(37)33(27)34(28)32/h1-22H. The average molecular weight is 524 g/mol. The van der Waals surface area contributed by atoms with Gasteiger partial charge >= 0.3 is 0 Å². The summed E-state index contributed by atoms with van der Waals surface area (Å²) in [7, 11) is -6.36. The van der Waals surface area contributed by atoms with E-state index in [1.54, 1.807) is 0 Å². The van der Waals surface area contributed by atoms with Crippen molar-refractivity contribution in [1.29, 1.82) is 0 Å². The fourth-order valence-electron chi connectivity index (χ4n) is 6.48. The molecule has 0 aliphatic carbocycles. The van der Waals surface area contributed by atoms with Gasteiger partial charge in [0.2, 0.25) is 0 Å². The number of hydrogen-bond acceptors (Lipinski definition) is 2. The van der Waals surface area contributed by atoms with Gasteiger partial charge in [-0.2, -0.15) is 0 Å². The van der Waals surface area contributed by atoms with Crippen molar-refractivity contribution < 1.29 is 9.13 Å². The predicted octanol–water partition coefficient (Wildman–Crippen LogP) is 6.08. The van der Waals surface area contributed by atoms with E-state index < -0.39 is 14.3 Å². The van der Waals surface area contributed by atoms with Gasteiger partial charge in [-0.25, -0.2) is 0 Å². The van der Waals surface area contributed by atoms with E-state index in [0.29, 0.717) is 0 Å². The summed E-state index contributed by atoms with van der Waals surface area (Å²) in [6.45, 7) is 0. The fraction of sp³-hybridized carbons (Fsp3) is 0. The van der Waals surface area contributed by atoms with E-state index in [9.17, 15) is 0 Å². The number of hydrogen-bond donors (Lipinski definition) is 0. The third-order valence-corrected chi connectivity index (χ3v) is 14.4. The zero-order valence-electron chi connectivity index (χ0n) is 20.4. The first-order valence-electron chi connectivity index (χ1n) is 12.8. The van der Waals surface area contributed by atoms with Gasteiger partial charge in [-0.15, -0.1) is 0 Å². The van der Waals surface area contributed by atoms with Crippen molar-refractivity contribution in [3.8, 4) is 22.3 Å². The Bertz CT molecular complexity index is 1880. The molecule has 2 aliphatic heterocycles. The summed E-state index contributed by atoms with van der Waals surface area (Å²) in [6, 6.07) is 44.1. The molecule has 0 aromatic heterocycles. The lowest BCUT2D eigenvalue weighted by molar-refractivity contribution is 0.591. The van der Waals surface area contributed by atoms with E-state index in [1.165, 1.54) is 0 Å². The molecule has 4 heteroatoms. The van der Waals surface area contributed by atoms with Gasteiger partial charge in [0, 0.05) is 42.6 Å². The molecule has 0 radical (unpaired) electrons. The largest absolute Gasteiger partial charge is 0.309 e. The van der Waals surface area contributed by atoms with Gasteiger partial charge in [0.15, 0.2) is 14.3 Å². The molecule has 0 amide bonds. The van der Waals surface area contributed by atoms with Crippen LogP contribution in [0.15, 0.2) is 133 Å². The summed E-state index contributed by atoms with van der Waals surface area (Å²) < 4.78 is 30.8. The Morgan fingerprint density at radius 1 is 0.316 bits per heavy atom. The van der Waals surface area contributed by atoms with Gasteiger partial charge in [0.25, 0.3) is 0 Å². The van der Waals surface area contributed by atoms with Crippen LogP contribution in [0.2, 0.25) is 0 Å². The van der Waals surface area contributed by atoms with E-state index in [0.717, 1.165) is 64.9 Å². The summed E-state index contributed by atoms with van der Waals surface area (Å²) in [6.07, 6.45) is 0. The van der Waals surface area contributed by atoms with Crippen molar-refractivity contribution in [3.63, 3.8) is 0 Å². The molecule has 8 rings (SSSR count). The Labute approximate surface area is 221 Å². The molecule has 180 valence electrons. The normalized spacial score (nSPS) is 20.5. The van der Waals surface area contributed by atoms with E-state index >= 15 is 9.13 Å². The van der Waals surface area contributed by atoms with Crippen LogP contribution in [0.1, 0.15) is 0 Å². The molecule has 6 aromatic carbocycles. The second-order valence-corrected chi connectivity index (χ2v) is 15.3. The molecule has 2 aliphatic rings. The summed E-state index contributed by atoms with van der Waals surface area (Å²) in [5.41, 5.74) is 4.09. The molecular formula is C34H22O2P2. The molecule has 2 heterocycles. The molecule has 0 saturated heterocycles. The van der Waals surface area contributed by atoms with E-state index in [4.69, 9.17) is 0 Å². The van der Waals surface area contributed by atoms with Gasteiger partial charge < -0.3 is 9.13 Å². The monoisotopic (exact) mass is 524 g/mol. The minimum absolute atomic E-state index is 0.821. The molecule has 2 unspecified atom stereocenters. The SMILES string of the molecule is O=P1(c2ccccc2)c2ccccc2-c2ccc3c4c(ccc1c24)P(=O)(c1ccccc1)c1ccccc1-3. The maximum Gasteiger partial charge on any atom is 0.172 e. The molecule has 0 bridgehead atoms. The highest BCUT2D eigenvalue weighted by Crippen LogP contribution is 2.57. The number of fused-ring (bicyclic) bond motifs is 4. The third kappa shape index (κ3) is 2.64. The molecule has 0 saturated carbocycles.